The molecule has 0 atom stereocenters. The smallest absolute Gasteiger partial charge is 0.324 e. The van der Waals surface area contributed by atoms with E-state index in [1.807, 2.05) is 6.07 Å². The van der Waals surface area contributed by atoms with Gasteiger partial charge in [-0.1, -0.05) is 18.2 Å². The largest absolute Gasteiger partial charge is 0.497 e. The summed E-state index contributed by atoms with van der Waals surface area (Å²) in [5, 5.41) is 5.53. The maximum Gasteiger partial charge on any atom is 0.324 e. The van der Waals surface area contributed by atoms with E-state index in [0.29, 0.717) is 23.0 Å². The Balaban J connectivity index is 1.37. The van der Waals surface area contributed by atoms with Crippen LogP contribution in [0.15, 0.2) is 60.9 Å². The summed E-state index contributed by atoms with van der Waals surface area (Å²) in [7, 11) is 3.11. The first-order valence-corrected chi connectivity index (χ1v) is 10.3. The molecule has 1 aliphatic heterocycles. The minimum Gasteiger partial charge on any atom is -0.497 e. The summed E-state index contributed by atoms with van der Waals surface area (Å²) in [6, 6.07) is 16.9. The number of anilines is 4. The zero-order valence-electron chi connectivity index (χ0n) is 18.1. The second kappa shape index (κ2) is 9.86. The van der Waals surface area contributed by atoms with E-state index in [1.165, 1.54) is 12.0 Å². The molecule has 2 N–H and O–H groups in total. The van der Waals surface area contributed by atoms with E-state index in [-0.39, 0.29) is 0 Å². The molecule has 1 aliphatic rings. The van der Waals surface area contributed by atoms with Crippen molar-refractivity contribution in [2.24, 2.45) is 0 Å². The van der Waals surface area contributed by atoms with Crippen LogP contribution in [0.3, 0.4) is 0 Å². The quantitative estimate of drug-likeness (QED) is 0.614. The van der Waals surface area contributed by atoms with Gasteiger partial charge in [-0.3, -0.25) is 5.32 Å². The van der Waals surface area contributed by atoms with Crippen molar-refractivity contribution in [1.82, 2.24) is 9.97 Å². The summed E-state index contributed by atoms with van der Waals surface area (Å²) in [5.74, 6) is 2.37. The zero-order chi connectivity index (χ0) is 22.3. The lowest BCUT2D eigenvalue weighted by atomic mass is 10.2. The Hall–Kier alpha value is -4.01. The van der Waals surface area contributed by atoms with Gasteiger partial charge in [-0.05, 0) is 12.1 Å². The van der Waals surface area contributed by atoms with Crippen LogP contribution in [0.25, 0.3) is 0 Å². The molecule has 1 saturated heterocycles. The lowest BCUT2D eigenvalue weighted by molar-refractivity contribution is 0.262. The average molecular weight is 435 g/mol. The summed E-state index contributed by atoms with van der Waals surface area (Å²) < 4.78 is 10.5. The molecule has 0 saturated carbocycles. The first-order valence-electron chi connectivity index (χ1n) is 10.3. The van der Waals surface area contributed by atoms with Crippen LogP contribution in [0.4, 0.5) is 27.8 Å². The van der Waals surface area contributed by atoms with E-state index in [1.54, 1.807) is 38.5 Å². The molecule has 2 heterocycles. The van der Waals surface area contributed by atoms with E-state index in [4.69, 9.17) is 9.47 Å². The first kappa shape index (κ1) is 21.2. The number of hydrogen-bond donors (Lipinski definition) is 2. The maximum atomic E-state index is 12.5. The third kappa shape index (κ3) is 5.18. The third-order valence-electron chi connectivity index (χ3n) is 5.23. The molecular formula is C23H26N6O3. The molecule has 2 aromatic carbocycles. The Kier molecular flexibility index (Phi) is 6.54. The second-order valence-electron chi connectivity index (χ2n) is 7.25. The predicted molar refractivity (Wildman–Crippen MR) is 125 cm³/mol. The number of amides is 2. The number of ether oxygens (including phenoxy) is 2. The van der Waals surface area contributed by atoms with Gasteiger partial charge in [0.1, 0.15) is 29.5 Å². The van der Waals surface area contributed by atoms with Gasteiger partial charge in [-0.15, -0.1) is 0 Å². The van der Waals surface area contributed by atoms with Crippen LogP contribution in [-0.2, 0) is 0 Å². The lowest BCUT2D eigenvalue weighted by Crippen LogP contribution is -2.46. The van der Waals surface area contributed by atoms with E-state index < -0.39 is 6.03 Å². The molecular weight excluding hydrogens is 408 g/mol. The number of nitrogens with zero attached hydrogens (tertiary/aromatic N) is 4. The second-order valence-corrected chi connectivity index (χ2v) is 7.25. The Morgan fingerprint density at radius 3 is 2.16 bits per heavy atom. The molecule has 0 aliphatic carbocycles. The van der Waals surface area contributed by atoms with Crippen LogP contribution in [0, 0.1) is 0 Å². The van der Waals surface area contributed by atoms with Crippen molar-refractivity contribution in [3.8, 4) is 11.5 Å². The maximum absolute atomic E-state index is 12.5. The van der Waals surface area contributed by atoms with Crippen molar-refractivity contribution in [1.29, 1.82) is 0 Å². The number of methoxy groups -OCH3 is 2. The molecule has 0 unspecified atom stereocenters. The van der Waals surface area contributed by atoms with Gasteiger partial charge < -0.3 is 24.6 Å². The number of aromatic nitrogens is 2. The highest BCUT2D eigenvalue weighted by atomic mass is 16.5. The molecule has 3 aromatic rings. The monoisotopic (exact) mass is 434 g/mol. The van der Waals surface area contributed by atoms with Gasteiger partial charge in [-0.2, -0.15) is 0 Å². The van der Waals surface area contributed by atoms with E-state index in [2.05, 4.69) is 54.7 Å². The number of carbonyl (C=O) groups is 1. The molecule has 166 valence electrons. The SMILES string of the molecule is COc1cc(NC(=O)Nc2cc(N3CCN(c4ccccc4)CC3)ncn2)cc(OC)c1. The topological polar surface area (TPSA) is 91.9 Å². The molecule has 4 rings (SSSR count). The van der Waals surface area contributed by atoms with Crippen molar-refractivity contribution in [2.45, 2.75) is 0 Å². The Morgan fingerprint density at radius 1 is 0.844 bits per heavy atom. The highest BCUT2D eigenvalue weighted by Gasteiger charge is 2.19. The standard InChI is InChI=1S/C23H26N6O3/c1-31-19-12-17(13-20(14-19)32-2)26-23(30)27-21-15-22(25-16-24-21)29-10-8-28(9-11-29)18-6-4-3-5-7-18/h3-7,12-16H,8-11H2,1-2H3,(H2,24,25,26,27,30). The van der Waals surface area contributed by atoms with Crippen molar-refractivity contribution < 1.29 is 14.3 Å². The minimum absolute atomic E-state index is 0.418. The number of para-hydroxylation sites is 1. The van der Waals surface area contributed by atoms with Gasteiger partial charge in [0.05, 0.1) is 14.2 Å². The number of piperazine rings is 1. The fourth-order valence-corrected chi connectivity index (χ4v) is 3.58. The molecule has 9 heteroatoms. The summed E-state index contributed by atoms with van der Waals surface area (Å²) in [6.45, 7) is 3.46. The summed E-state index contributed by atoms with van der Waals surface area (Å²) in [5.41, 5.74) is 1.77. The summed E-state index contributed by atoms with van der Waals surface area (Å²) >= 11 is 0. The fraction of sp³-hybridized carbons (Fsp3) is 0.261. The van der Waals surface area contributed by atoms with Crippen LogP contribution in [0.1, 0.15) is 0 Å². The van der Waals surface area contributed by atoms with Crippen LogP contribution < -0.4 is 29.9 Å². The normalized spacial score (nSPS) is 13.4. The first-order chi connectivity index (χ1) is 15.6. The van der Waals surface area contributed by atoms with E-state index in [0.717, 1.165) is 32.0 Å². The number of carbonyl (C=O) groups excluding carboxylic acids is 1. The highest BCUT2D eigenvalue weighted by molar-refractivity contribution is 5.99. The van der Waals surface area contributed by atoms with Crippen LogP contribution in [-0.4, -0.2) is 56.4 Å². The molecule has 0 radical (unpaired) electrons. The molecule has 1 fully saturated rings. The van der Waals surface area contributed by atoms with Gasteiger partial charge >= 0.3 is 6.03 Å². The van der Waals surface area contributed by atoms with Gasteiger partial charge in [0.15, 0.2) is 0 Å². The zero-order valence-corrected chi connectivity index (χ0v) is 18.1. The molecule has 1 aromatic heterocycles. The lowest BCUT2D eigenvalue weighted by Gasteiger charge is -2.36. The average Bonchev–Trinajstić information content (AvgIpc) is 2.84. The van der Waals surface area contributed by atoms with Crippen LogP contribution >= 0.6 is 0 Å². The van der Waals surface area contributed by atoms with Gasteiger partial charge in [0.25, 0.3) is 0 Å². The van der Waals surface area contributed by atoms with Gasteiger partial charge in [0.2, 0.25) is 0 Å². The number of urea groups is 1. The van der Waals surface area contributed by atoms with Crippen molar-refractivity contribution >= 4 is 29.0 Å². The highest BCUT2D eigenvalue weighted by Crippen LogP contribution is 2.26. The Morgan fingerprint density at radius 2 is 1.50 bits per heavy atom. The van der Waals surface area contributed by atoms with Crippen molar-refractivity contribution in [3.63, 3.8) is 0 Å². The third-order valence-corrected chi connectivity index (χ3v) is 5.23. The van der Waals surface area contributed by atoms with Gasteiger partial charge in [0, 0.05) is 61.8 Å². The summed E-state index contributed by atoms with van der Waals surface area (Å²) in [4.78, 5) is 25.6. The van der Waals surface area contributed by atoms with Crippen LogP contribution in [0.5, 0.6) is 11.5 Å². The molecule has 2 amide bonds. The molecule has 0 bridgehead atoms. The fourth-order valence-electron chi connectivity index (χ4n) is 3.58. The van der Waals surface area contributed by atoms with Crippen molar-refractivity contribution in [3.05, 3.63) is 60.9 Å². The predicted octanol–water partition coefficient (Wildman–Crippen LogP) is 3.46. The molecule has 32 heavy (non-hydrogen) atoms. The Bertz CT molecular complexity index is 1030. The summed E-state index contributed by atoms with van der Waals surface area (Å²) in [6.07, 6.45) is 1.46. The minimum atomic E-state index is -0.418. The van der Waals surface area contributed by atoms with Gasteiger partial charge in [-0.25, -0.2) is 14.8 Å². The van der Waals surface area contributed by atoms with E-state index in [9.17, 15) is 4.79 Å². The van der Waals surface area contributed by atoms with Crippen molar-refractivity contribution in [2.75, 3.05) is 60.8 Å². The number of benzene rings is 2. The number of nitrogens with one attached hydrogen (secondary N) is 2. The van der Waals surface area contributed by atoms with Crippen LogP contribution in [0.2, 0.25) is 0 Å². The Labute approximate surface area is 187 Å². The number of rotatable bonds is 6. The van der Waals surface area contributed by atoms with E-state index >= 15 is 0 Å². The number of hydrogen-bond acceptors (Lipinski definition) is 7. The molecule has 0 spiro atoms. The molecule has 9 nitrogen and oxygen atoms in total.